The molecule has 0 saturated carbocycles. The van der Waals surface area contributed by atoms with E-state index in [0.717, 1.165) is 39.7 Å². The number of aliphatic imine (C=N–C) groups is 1. The summed E-state index contributed by atoms with van der Waals surface area (Å²) in [4.78, 5) is 4.30. The van der Waals surface area contributed by atoms with Crippen molar-refractivity contribution in [1.82, 2.24) is 24.1 Å². The van der Waals surface area contributed by atoms with E-state index in [-0.39, 0.29) is 0 Å². The van der Waals surface area contributed by atoms with Crippen LogP contribution in [0, 0.1) is 13.8 Å². The molecule has 3 aromatic heterocycles. The maximum absolute atomic E-state index is 4.87. The van der Waals surface area contributed by atoms with Gasteiger partial charge in [0.1, 0.15) is 5.69 Å². The predicted octanol–water partition coefficient (Wildman–Crippen LogP) is 4.11. The van der Waals surface area contributed by atoms with Crippen LogP contribution in [0.1, 0.15) is 22.6 Å². The van der Waals surface area contributed by atoms with Crippen LogP contribution in [0.25, 0.3) is 16.8 Å². The van der Waals surface area contributed by atoms with Gasteiger partial charge in [0.2, 0.25) is 0 Å². The Morgan fingerprint density at radius 1 is 1.07 bits per heavy atom. The van der Waals surface area contributed by atoms with Crippen molar-refractivity contribution in [1.29, 1.82) is 0 Å². The maximum Gasteiger partial charge on any atom is 0.158 e. The first-order valence-electron chi connectivity index (χ1n) is 9.44. The molecular weight excluding hydrogens is 380 g/mol. The number of hydrogen-bond donors (Lipinski definition) is 1. The highest BCUT2D eigenvalue weighted by molar-refractivity contribution is 7.97. The third kappa shape index (κ3) is 3.91. The minimum atomic E-state index is 0.635. The number of nitrogens with one attached hydrogen (secondary N) is 1. The summed E-state index contributed by atoms with van der Waals surface area (Å²) in [6, 6.07) is 18.8. The van der Waals surface area contributed by atoms with Gasteiger partial charge in [-0.1, -0.05) is 42.3 Å². The van der Waals surface area contributed by atoms with Gasteiger partial charge in [-0.05, 0) is 43.7 Å². The lowest BCUT2D eigenvalue weighted by molar-refractivity contribution is 0.634. The summed E-state index contributed by atoms with van der Waals surface area (Å²) in [5.74, 6) is 0.777. The molecule has 0 unspecified atom stereocenters. The fourth-order valence-corrected chi connectivity index (χ4v) is 3.83. The average Bonchev–Trinajstić information content (AvgIpc) is 3.30. The van der Waals surface area contributed by atoms with E-state index in [1.54, 1.807) is 7.05 Å². The monoisotopic (exact) mass is 404 g/mol. The van der Waals surface area contributed by atoms with E-state index < -0.39 is 0 Å². The number of fused-ring (bicyclic) bond motifs is 1. The molecule has 7 heteroatoms. The number of benzene rings is 1. The second-order valence-electron chi connectivity index (χ2n) is 6.96. The van der Waals surface area contributed by atoms with Crippen molar-refractivity contribution in [2.75, 3.05) is 13.3 Å². The number of hydrogen-bond acceptors (Lipinski definition) is 4. The average molecular weight is 405 g/mol. The topological polar surface area (TPSA) is 59.5 Å². The molecule has 0 bridgehead atoms. The van der Waals surface area contributed by atoms with Crippen molar-refractivity contribution in [3.63, 3.8) is 0 Å². The summed E-state index contributed by atoms with van der Waals surface area (Å²) in [5.41, 5.74) is 7.39. The normalized spacial score (nSPS) is 11.9. The van der Waals surface area contributed by atoms with Gasteiger partial charge >= 0.3 is 0 Å². The second-order valence-corrected chi connectivity index (χ2v) is 7.58. The fourth-order valence-electron chi connectivity index (χ4n) is 3.44. The van der Waals surface area contributed by atoms with E-state index in [2.05, 4.69) is 60.0 Å². The van der Waals surface area contributed by atoms with Gasteiger partial charge in [0, 0.05) is 24.6 Å². The number of amidine groups is 1. The summed E-state index contributed by atoms with van der Waals surface area (Å²) < 4.78 is 7.21. The molecule has 0 aliphatic heterocycles. The zero-order valence-corrected chi connectivity index (χ0v) is 17.9. The highest BCUT2D eigenvalue weighted by Gasteiger charge is 2.13. The standard InChI is InChI=1S/C22H24N6S/c1-15-10-18-13-20(17-8-6-5-7-9-17)25-28(18)19(11-15)14-27-16(2)12-21(24-27)22(23-3)26-29-4/h5-13H,14H2,1-4H3,(H,23,26). The molecule has 0 aliphatic carbocycles. The maximum atomic E-state index is 4.87. The van der Waals surface area contributed by atoms with Crippen LogP contribution in [0.3, 0.4) is 0 Å². The Morgan fingerprint density at radius 2 is 1.86 bits per heavy atom. The van der Waals surface area contributed by atoms with Crippen molar-refractivity contribution >= 4 is 23.3 Å². The van der Waals surface area contributed by atoms with E-state index in [4.69, 9.17) is 10.2 Å². The molecule has 4 rings (SSSR count). The Hall–Kier alpha value is -3.06. The number of nitrogens with zero attached hydrogens (tertiary/aromatic N) is 5. The van der Waals surface area contributed by atoms with Crippen molar-refractivity contribution in [3.8, 4) is 11.3 Å². The van der Waals surface area contributed by atoms with Gasteiger partial charge in [-0.15, -0.1) is 0 Å². The summed E-state index contributed by atoms with van der Waals surface area (Å²) >= 11 is 1.51. The minimum absolute atomic E-state index is 0.635. The van der Waals surface area contributed by atoms with Crippen LogP contribution in [-0.2, 0) is 6.54 Å². The summed E-state index contributed by atoms with van der Waals surface area (Å²) in [6.07, 6.45) is 1.97. The highest BCUT2D eigenvalue weighted by atomic mass is 32.2. The highest BCUT2D eigenvalue weighted by Crippen LogP contribution is 2.22. The van der Waals surface area contributed by atoms with E-state index in [1.165, 1.54) is 17.5 Å². The summed E-state index contributed by atoms with van der Waals surface area (Å²) in [5, 5.41) is 9.64. The lowest BCUT2D eigenvalue weighted by Gasteiger charge is -2.09. The Kier molecular flexibility index (Phi) is 5.40. The zero-order chi connectivity index (χ0) is 20.4. The van der Waals surface area contributed by atoms with Crippen LogP contribution in [0.15, 0.2) is 59.6 Å². The van der Waals surface area contributed by atoms with Gasteiger partial charge in [-0.2, -0.15) is 10.2 Å². The number of rotatable bonds is 5. The molecule has 1 N–H and O–H groups in total. The molecule has 0 spiro atoms. The number of aromatic nitrogens is 4. The Bertz CT molecular complexity index is 1170. The van der Waals surface area contributed by atoms with E-state index in [9.17, 15) is 0 Å². The molecule has 148 valence electrons. The SMILES string of the molecule is CN=C(NSC)c1cc(C)n(Cc2cc(C)cc3cc(-c4ccccc4)nn23)n1. The van der Waals surface area contributed by atoms with Crippen molar-refractivity contribution < 1.29 is 0 Å². The Labute approximate surface area is 174 Å². The molecule has 29 heavy (non-hydrogen) atoms. The quantitative estimate of drug-likeness (QED) is 0.309. The van der Waals surface area contributed by atoms with Crippen LogP contribution in [0.5, 0.6) is 0 Å². The Morgan fingerprint density at radius 3 is 2.59 bits per heavy atom. The molecule has 0 aliphatic rings. The predicted molar refractivity (Wildman–Crippen MR) is 121 cm³/mol. The Balaban J connectivity index is 1.73. The van der Waals surface area contributed by atoms with Gasteiger partial charge in [-0.3, -0.25) is 9.67 Å². The molecule has 4 aromatic rings. The van der Waals surface area contributed by atoms with Gasteiger partial charge in [-0.25, -0.2) is 4.52 Å². The van der Waals surface area contributed by atoms with E-state index in [1.807, 2.05) is 33.7 Å². The summed E-state index contributed by atoms with van der Waals surface area (Å²) in [7, 11) is 1.77. The van der Waals surface area contributed by atoms with Gasteiger partial charge in [0.05, 0.1) is 23.4 Å². The van der Waals surface area contributed by atoms with Gasteiger partial charge < -0.3 is 4.72 Å². The molecular formula is C22H24N6S. The molecule has 3 heterocycles. The largest absolute Gasteiger partial charge is 0.313 e. The third-order valence-electron chi connectivity index (χ3n) is 4.81. The van der Waals surface area contributed by atoms with Gasteiger partial charge in [0.15, 0.2) is 5.84 Å². The van der Waals surface area contributed by atoms with Crippen LogP contribution >= 0.6 is 11.9 Å². The fraction of sp³-hybridized carbons (Fsp3) is 0.227. The first-order chi connectivity index (χ1) is 14.1. The van der Waals surface area contributed by atoms with Gasteiger partial charge in [0.25, 0.3) is 0 Å². The van der Waals surface area contributed by atoms with Crippen LogP contribution in [0.2, 0.25) is 0 Å². The van der Waals surface area contributed by atoms with Crippen molar-refractivity contribution in [3.05, 3.63) is 77.2 Å². The third-order valence-corrected chi connectivity index (χ3v) is 5.20. The first kappa shape index (κ1) is 19.3. The molecule has 0 atom stereocenters. The molecule has 0 fully saturated rings. The molecule has 0 saturated heterocycles. The number of pyridine rings is 1. The van der Waals surface area contributed by atoms with Crippen molar-refractivity contribution in [2.24, 2.45) is 4.99 Å². The van der Waals surface area contributed by atoms with E-state index >= 15 is 0 Å². The molecule has 0 amide bonds. The summed E-state index contributed by atoms with van der Waals surface area (Å²) in [6.45, 7) is 4.81. The first-order valence-corrected chi connectivity index (χ1v) is 10.7. The lowest BCUT2D eigenvalue weighted by atomic mass is 10.1. The molecule has 6 nitrogen and oxygen atoms in total. The lowest BCUT2D eigenvalue weighted by Crippen LogP contribution is -2.18. The molecule has 0 radical (unpaired) electrons. The minimum Gasteiger partial charge on any atom is -0.313 e. The molecule has 1 aromatic carbocycles. The van der Waals surface area contributed by atoms with E-state index in [0.29, 0.717) is 6.54 Å². The van der Waals surface area contributed by atoms with Crippen LogP contribution in [0.4, 0.5) is 0 Å². The van der Waals surface area contributed by atoms with Crippen molar-refractivity contribution in [2.45, 2.75) is 20.4 Å². The second kappa shape index (κ2) is 8.13. The number of aryl methyl sites for hydroxylation is 2. The zero-order valence-electron chi connectivity index (χ0n) is 17.0. The van der Waals surface area contributed by atoms with Crippen LogP contribution < -0.4 is 4.72 Å². The van der Waals surface area contributed by atoms with Crippen LogP contribution in [-0.4, -0.2) is 38.5 Å². The smallest absolute Gasteiger partial charge is 0.158 e.